The lowest BCUT2D eigenvalue weighted by molar-refractivity contribution is -0.125. The third-order valence-electron chi connectivity index (χ3n) is 3.82. The zero-order valence-corrected chi connectivity index (χ0v) is 10.7. The summed E-state index contributed by atoms with van der Waals surface area (Å²) in [6.07, 6.45) is 3.23. The first-order chi connectivity index (χ1) is 8.25. The largest absolute Gasteiger partial charge is 0.381 e. The monoisotopic (exact) mass is 240 g/mol. The van der Waals surface area contributed by atoms with Gasteiger partial charge < -0.3 is 15.4 Å². The second kappa shape index (κ2) is 6.36. The van der Waals surface area contributed by atoms with Crippen molar-refractivity contribution >= 4 is 5.91 Å². The number of nitrogens with one attached hydrogen (secondary N) is 2. The lowest BCUT2D eigenvalue weighted by Gasteiger charge is -2.26. The van der Waals surface area contributed by atoms with Crippen LogP contribution < -0.4 is 10.6 Å². The third kappa shape index (κ3) is 3.96. The molecule has 2 aliphatic rings. The van der Waals surface area contributed by atoms with Crippen molar-refractivity contribution in [3.8, 4) is 0 Å². The van der Waals surface area contributed by atoms with Gasteiger partial charge in [0.15, 0.2) is 0 Å². The zero-order chi connectivity index (χ0) is 12.1. The van der Waals surface area contributed by atoms with E-state index in [4.69, 9.17) is 4.74 Å². The van der Waals surface area contributed by atoms with E-state index in [2.05, 4.69) is 17.6 Å². The van der Waals surface area contributed by atoms with Crippen LogP contribution in [-0.2, 0) is 9.53 Å². The number of hydrogen-bond donors (Lipinski definition) is 2. The first-order valence-corrected chi connectivity index (χ1v) is 6.82. The molecule has 4 heteroatoms. The van der Waals surface area contributed by atoms with E-state index >= 15 is 0 Å². The number of ether oxygens (including phenoxy) is 1. The summed E-state index contributed by atoms with van der Waals surface area (Å²) in [6.45, 7) is 6.65. The van der Waals surface area contributed by atoms with Crippen molar-refractivity contribution in [2.75, 3.05) is 32.8 Å². The van der Waals surface area contributed by atoms with Gasteiger partial charge in [-0.25, -0.2) is 0 Å². The molecule has 17 heavy (non-hydrogen) atoms. The minimum absolute atomic E-state index is 0.165. The van der Waals surface area contributed by atoms with Crippen molar-refractivity contribution in [3.63, 3.8) is 0 Å². The van der Waals surface area contributed by atoms with Crippen LogP contribution in [0.3, 0.4) is 0 Å². The minimum Gasteiger partial charge on any atom is -0.381 e. The van der Waals surface area contributed by atoms with Gasteiger partial charge in [-0.05, 0) is 37.6 Å². The standard InChI is InChI=1S/C13H24N2O2/c1-10-6-12(8-14-7-10)13(16)15-4-2-11-3-5-17-9-11/h10-12,14H,2-9H2,1H3,(H,15,16). The lowest BCUT2D eigenvalue weighted by Crippen LogP contribution is -2.43. The molecular formula is C13H24N2O2. The van der Waals surface area contributed by atoms with Crippen molar-refractivity contribution in [3.05, 3.63) is 0 Å². The summed E-state index contributed by atoms with van der Waals surface area (Å²) in [6, 6.07) is 0. The number of amides is 1. The van der Waals surface area contributed by atoms with Gasteiger partial charge in [0.1, 0.15) is 0 Å². The summed E-state index contributed by atoms with van der Waals surface area (Å²) in [5.74, 6) is 1.66. The maximum Gasteiger partial charge on any atom is 0.224 e. The van der Waals surface area contributed by atoms with Gasteiger partial charge in [-0.1, -0.05) is 6.92 Å². The summed E-state index contributed by atoms with van der Waals surface area (Å²) in [5, 5.41) is 6.38. The third-order valence-corrected chi connectivity index (χ3v) is 3.82. The van der Waals surface area contributed by atoms with Crippen LogP contribution in [0.5, 0.6) is 0 Å². The Kier molecular flexibility index (Phi) is 4.80. The molecule has 0 saturated carbocycles. The molecular weight excluding hydrogens is 216 g/mol. The molecule has 2 N–H and O–H groups in total. The van der Waals surface area contributed by atoms with Crippen LogP contribution in [0.2, 0.25) is 0 Å². The van der Waals surface area contributed by atoms with Crippen LogP contribution in [0.1, 0.15) is 26.2 Å². The highest BCUT2D eigenvalue weighted by Crippen LogP contribution is 2.17. The van der Waals surface area contributed by atoms with E-state index in [0.29, 0.717) is 11.8 Å². The Labute approximate surface area is 103 Å². The fraction of sp³-hybridized carbons (Fsp3) is 0.923. The van der Waals surface area contributed by atoms with E-state index in [0.717, 1.165) is 52.1 Å². The van der Waals surface area contributed by atoms with E-state index in [1.807, 2.05) is 0 Å². The molecule has 4 nitrogen and oxygen atoms in total. The SMILES string of the molecule is CC1CNCC(C(=O)NCCC2CCOC2)C1. The summed E-state index contributed by atoms with van der Waals surface area (Å²) in [7, 11) is 0. The van der Waals surface area contributed by atoms with Gasteiger partial charge in [0, 0.05) is 26.3 Å². The highest BCUT2D eigenvalue weighted by Gasteiger charge is 2.24. The summed E-state index contributed by atoms with van der Waals surface area (Å²) < 4.78 is 5.32. The Morgan fingerprint density at radius 3 is 3.06 bits per heavy atom. The summed E-state index contributed by atoms with van der Waals surface area (Å²) >= 11 is 0. The van der Waals surface area contributed by atoms with Gasteiger partial charge in [-0.15, -0.1) is 0 Å². The minimum atomic E-state index is 0.165. The fourth-order valence-electron chi connectivity index (χ4n) is 2.71. The van der Waals surface area contributed by atoms with Crippen LogP contribution in [0.15, 0.2) is 0 Å². The molecule has 0 bridgehead atoms. The smallest absolute Gasteiger partial charge is 0.224 e. The Balaban J connectivity index is 1.62. The Bertz CT molecular complexity index is 252. The highest BCUT2D eigenvalue weighted by atomic mass is 16.5. The van der Waals surface area contributed by atoms with Gasteiger partial charge >= 0.3 is 0 Å². The number of piperidine rings is 1. The summed E-state index contributed by atoms with van der Waals surface area (Å²) in [5.41, 5.74) is 0. The second-order valence-corrected chi connectivity index (χ2v) is 5.51. The molecule has 2 fully saturated rings. The van der Waals surface area contributed by atoms with E-state index in [-0.39, 0.29) is 11.8 Å². The van der Waals surface area contributed by atoms with Gasteiger partial charge in [0.05, 0.1) is 5.92 Å². The first kappa shape index (κ1) is 12.8. The molecule has 3 atom stereocenters. The normalized spacial score (nSPS) is 33.6. The molecule has 98 valence electrons. The lowest BCUT2D eigenvalue weighted by atomic mass is 9.91. The van der Waals surface area contributed by atoms with Gasteiger partial charge in [0.2, 0.25) is 5.91 Å². The molecule has 3 unspecified atom stereocenters. The first-order valence-electron chi connectivity index (χ1n) is 6.82. The van der Waals surface area contributed by atoms with Crippen LogP contribution in [0.4, 0.5) is 0 Å². The predicted molar refractivity (Wildman–Crippen MR) is 66.7 cm³/mol. The highest BCUT2D eigenvalue weighted by molar-refractivity contribution is 5.78. The van der Waals surface area contributed by atoms with Gasteiger partial charge in [-0.2, -0.15) is 0 Å². The zero-order valence-electron chi connectivity index (χ0n) is 10.7. The molecule has 2 saturated heterocycles. The Morgan fingerprint density at radius 1 is 1.47 bits per heavy atom. The predicted octanol–water partition coefficient (Wildman–Crippen LogP) is 0.775. The van der Waals surface area contributed by atoms with Crippen molar-refractivity contribution in [1.82, 2.24) is 10.6 Å². The van der Waals surface area contributed by atoms with E-state index in [9.17, 15) is 4.79 Å². The van der Waals surface area contributed by atoms with Gasteiger partial charge in [0.25, 0.3) is 0 Å². The van der Waals surface area contributed by atoms with Crippen LogP contribution >= 0.6 is 0 Å². The molecule has 0 aromatic carbocycles. The molecule has 0 spiro atoms. The number of carbonyl (C=O) groups excluding carboxylic acids is 1. The molecule has 0 radical (unpaired) electrons. The van der Waals surface area contributed by atoms with Crippen molar-refractivity contribution in [1.29, 1.82) is 0 Å². The number of rotatable bonds is 4. The quantitative estimate of drug-likeness (QED) is 0.763. The molecule has 0 aromatic heterocycles. The van der Waals surface area contributed by atoms with Gasteiger partial charge in [-0.3, -0.25) is 4.79 Å². The Hall–Kier alpha value is -0.610. The number of hydrogen-bond acceptors (Lipinski definition) is 3. The molecule has 0 aliphatic carbocycles. The molecule has 2 heterocycles. The maximum absolute atomic E-state index is 11.9. The maximum atomic E-state index is 11.9. The topological polar surface area (TPSA) is 50.4 Å². The van der Waals surface area contributed by atoms with E-state index in [1.165, 1.54) is 0 Å². The van der Waals surface area contributed by atoms with Crippen molar-refractivity contribution in [2.24, 2.45) is 17.8 Å². The molecule has 1 amide bonds. The van der Waals surface area contributed by atoms with Crippen molar-refractivity contribution in [2.45, 2.75) is 26.2 Å². The second-order valence-electron chi connectivity index (χ2n) is 5.51. The van der Waals surface area contributed by atoms with Crippen LogP contribution in [0.25, 0.3) is 0 Å². The molecule has 0 aromatic rings. The van der Waals surface area contributed by atoms with E-state index in [1.54, 1.807) is 0 Å². The average Bonchev–Trinajstić information content (AvgIpc) is 2.82. The average molecular weight is 240 g/mol. The van der Waals surface area contributed by atoms with Crippen molar-refractivity contribution < 1.29 is 9.53 Å². The van der Waals surface area contributed by atoms with E-state index < -0.39 is 0 Å². The molecule has 2 rings (SSSR count). The van der Waals surface area contributed by atoms with Crippen LogP contribution in [-0.4, -0.2) is 38.8 Å². The van der Waals surface area contributed by atoms with Crippen LogP contribution in [0, 0.1) is 17.8 Å². The number of carbonyl (C=O) groups is 1. The fourth-order valence-corrected chi connectivity index (χ4v) is 2.71. The Morgan fingerprint density at radius 2 is 2.35 bits per heavy atom. The molecule has 2 aliphatic heterocycles. The summed E-state index contributed by atoms with van der Waals surface area (Å²) in [4.78, 5) is 11.9.